The molecule has 4 heterocycles. The minimum absolute atomic E-state index is 0.160. The second-order valence-corrected chi connectivity index (χ2v) is 12.8. The van der Waals surface area contributed by atoms with Crippen LogP contribution in [0.4, 0.5) is 0 Å². The smallest absolute Gasteiger partial charge is 0.269 e. The standard InChI is InChI=1S/C39H32N3S/c1-3-39(4-2)25-26-18-19-28(22-31(26)38-40(39)20-21-43-38)42-35-17-11-9-15-30(35)33-23-32-29-14-8-10-16-34(29)41(36(32)24-37(33)42)27-12-6-5-7-13-27/h5-24H,3-4,25H2,1-2H3/q+1. The van der Waals surface area contributed by atoms with Crippen LogP contribution >= 0.6 is 11.3 Å². The first kappa shape index (κ1) is 24.9. The Morgan fingerprint density at radius 1 is 0.628 bits per heavy atom. The third-order valence-electron chi connectivity index (χ3n) is 10.0. The quantitative estimate of drug-likeness (QED) is 0.186. The molecule has 0 N–H and O–H groups in total. The van der Waals surface area contributed by atoms with E-state index in [0.717, 1.165) is 19.3 Å². The van der Waals surface area contributed by atoms with E-state index < -0.39 is 0 Å². The van der Waals surface area contributed by atoms with Crippen LogP contribution in [0, 0.1) is 0 Å². The molecule has 0 amide bonds. The van der Waals surface area contributed by atoms with E-state index in [0.29, 0.717) is 0 Å². The number of rotatable bonds is 4. The lowest BCUT2D eigenvalue weighted by molar-refractivity contribution is -0.754. The van der Waals surface area contributed by atoms with Gasteiger partial charge in [-0.1, -0.05) is 85.8 Å². The van der Waals surface area contributed by atoms with E-state index >= 15 is 0 Å². The Bertz CT molecular complexity index is 2350. The minimum Gasteiger partial charge on any atom is -0.309 e. The fourth-order valence-electron chi connectivity index (χ4n) is 7.75. The molecule has 0 saturated heterocycles. The van der Waals surface area contributed by atoms with Gasteiger partial charge in [0.1, 0.15) is 0 Å². The zero-order chi connectivity index (χ0) is 28.7. The molecule has 0 atom stereocenters. The summed E-state index contributed by atoms with van der Waals surface area (Å²) in [6.07, 6.45) is 5.66. The number of benzene rings is 5. The van der Waals surface area contributed by atoms with Crippen molar-refractivity contribution in [3.05, 3.63) is 126 Å². The predicted octanol–water partition coefficient (Wildman–Crippen LogP) is 9.97. The first-order valence-corrected chi connectivity index (χ1v) is 16.2. The van der Waals surface area contributed by atoms with Crippen molar-refractivity contribution in [1.82, 2.24) is 9.13 Å². The van der Waals surface area contributed by atoms with Crippen LogP contribution in [0.5, 0.6) is 0 Å². The van der Waals surface area contributed by atoms with Gasteiger partial charge in [0.25, 0.3) is 5.01 Å². The van der Waals surface area contributed by atoms with E-state index in [1.165, 1.54) is 71.1 Å². The Morgan fingerprint density at radius 2 is 1.26 bits per heavy atom. The summed E-state index contributed by atoms with van der Waals surface area (Å²) in [4.78, 5) is 0. The second kappa shape index (κ2) is 9.16. The van der Waals surface area contributed by atoms with Crippen molar-refractivity contribution in [3.63, 3.8) is 0 Å². The molecule has 0 bridgehead atoms. The van der Waals surface area contributed by atoms with E-state index in [2.05, 4.69) is 148 Å². The van der Waals surface area contributed by atoms with Crippen LogP contribution in [0.1, 0.15) is 32.3 Å². The van der Waals surface area contributed by atoms with Gasteiger partial charge in [-0.25, -0.2) is 0 Å². The molecule has 3 nitrogen and oxygen atoms in total. The maximum Gasteiger partial charge on any atom is 0.269 e. The zero-order valence-corrected chi connectivity index (χ0v) is 25.2. The topological polar surface area (TPSA) is 13.7 Å². The highest BCUT2D eigenvalue weighted by molar-refractivity contribution is 7.12. The summed E-state index contributed by atoms with van der Waals surface area (Å²) in [5.74, 6) is 0. The monoisotopic (exact) mass is 574 g/mol. The number of nitrogens with zero attached hydrogens (tertiary/aromatic N) is 3. The predicted molar refractivity (Wildman–Crippen MR) is 181 cm³/mol. The molecule has 1 aliphatic rings. The Hall–Kier alpha value is -4.67. The summed E-state index contributed by atoms with van der Waals surface area (Å²) in [5, 5.41) is 8.78. The summed E-state index contributed by atoms with van der Waals surface area (Å²) in [6, 6.07) is 40.5. The molecule has 9 rings (SSSR count). The molecule has 0 spiro atoms. The highest BCUT2D eigenvalue weighted by Gasteiger charge is 2.44. The van der Waals surface area contributed by atoms with E-state index in [4.69, 9.17) is 0 Å². The molecular weight excluding hydrogens is 543 g/mol. The molecule has 0 saturated carbocycles. The molecule has 0 fully saturated rings. The molecule has 3 aromatic heterocycles. The van der Waals surface area contributed by atoms with Gasteiger partial charge in [0.05, 0.1) is 33.0 Å². The Kier molecular flexibility index (Phi) is 5.30. The fraction of sp³-hybridized carbons (Fsp3) is 0.154. The normalized spacial score (nSPS) is 14.1. The third kappa shape index (κ3) is 3.38. The average molecular weight is 575 g/mol. The second-order valence-electron chi connectivity index (χ2n) is 12.0. The summed E-state index contributed by atoms with van der Waals surface area (Å²) in [6.45, 7) is 4.68. The van der Waals surface area contributed by atoms with Crippen molar-refractivity contribution in [3.8, 4) is 21.9 Å². The van der Waals surface area contributed by atoms with Gasteiger partial charge in [-0.05, 0) is 54.1 Å². The van der Waals surface area contributed by atoms with E-state index in [1.54, 1.807) is 0 Å². The van der Waals surface area contributed by atoms with Crippen LogP contribution in [-0.2, 0) is 12.0 Å². The first-order chi connectivity index (χ1) is 21.2. The average Bonchev–Trinajstić information content (AvgIpc) is 3.77. The highest BCUT2D eigenvalue weighted by Crippen LogP contribution is 2.42. The van der Waals surface area contributed by atoms with Gasteiger partial charge >= 0.3 is 0 Å². The Morgan fingerprint density at radius 3 is 1.93 bits per heavy atom. The van der Waals surface area contributed by atoms with Crippen LogP contribution in [0.2, 0.25) is 0 Å². The summed E-state index contributed by atoms with van der Waals surface area (Å²) < 4.78 is 7.47. The molecular formula is C39H32N3S+. The van der Waals surface area contributed by atoms with Gasteiger partial charge in [0.15, 0.2) is 11.7 Å². The Balaban J connectivity index is 1.36. The lowest BCUT2D eigenvalue weighted by atomic mass is 9.81. The first-order valence-electron chi connectivity index (χ1n) is 15.4. The van der Waals surface area contributed by atoms with E-state index in [-0.39, 0.29) is 5.54 Å². The van der Waals surface area contributed by atoms with Crippen molar-refractivity contribution in [2.45, 2.75) is 38.6 Å². The summed E-state index contributed by atoms with van der Waals surface area (Å²) in [7, 11) is 0. The molecule has 0 radical (unpaired) electrons. The van der Waals surface area contributed by atoms with Crippen LogP contribution in [0.15, 0.2) is 121 Å². The van der Waals surface area contributed by atoms with Gasteiger partial charge < -0.3 is 9.13 Å². The summed E-state index contributed by atoms with van der Waals surface area (Å²) in [5.41, 5.74) is 10.3. The van der Waals surface area contributed by atoms with Crippen molar-refractivity contribution in [2.75, 3.05) is 0 Å². The molecule has 0 unspecified atom stereocenters. The van der Waals surface area contributed by atoms with Gasteiger partial charge in [0, 0.05) is 52.2 Å². The van der Waals surface area contributed by atoms with Crippen molar-refractivity contribution in [1.29, 1.82) is 0 Å². The van der Waals surface area contributed by atoms with Crippen LogP contribution in [0.25, 0.3) is 65.6 Å². The number of hydrogen-bond acceptors (Lipinski definition) is 1. The number of para-hydroxylation sites is 3. The van der Waals surface area contributed by atoms with Gasteiger partial charge in [0.2, 0.25) is 0 Å². The van der Waals surface area contributed by atoms with E-state index in [9.17, 15) is 0 Å². The lowest BCUT2D eigenvalue weighted by Gasteiger charge is -2.31. The lowest BCUT2D eigenvalue weighted by Crippen LogP contribution is -2.58. The maximum absolute atomic E-state index is 2.57. The van der Waals surface area contributed by atoms with Crippen molar-refractivity contribution < 1.29 is 4.57 Å². The van der Waals surface area contributed by atoms with Crippen molar-refractivity contribution in [2.24, 2.45) is 0 Å². The number of aromatic nitrogens is 3. The molecule has 4 heteroatoms. The Labute approximate surface area is 254 Å². The van der Waals surface area contributed by atoms with Crippen LogP contribution in [-0.4, -0.2) is 9.13 Å². The summed E-state index contributed by atoms with van der Waals surface area (Å²) >= 11 is 1.87. The molecule has 208 valence electrons. The van der Waals surface area contributed by atoms with E-state index in [1.807, 2.05) is 11.3 Å². The molecule has 43 heavy (non-hydrogen) atoms. The maximum atomic E-state index is 2.57. The van der Waals surface area contributed by atoms with Crippen molar-refractivity contribution >= 4 is 54.9 Å². The largest absolute Gasteiger partial charge is 0.309 e. The zero-order valence-electron chi connectivity index (χ0n) is 24.4. The van der Waals surface area contributed by atoms with Gasteiger partial charge in [-0.2, -0.15) is 4.57 Å². The van der Waals surface area contributed by atoms with Crippen LogP contribution in [0.3, 0.4) is 0 Å². The van der Waals surface area contributed by atoms with Gasteiger partial charge in [-0.15, -0.1) is 0 Å². The molecule has 0 aliphatic carbocycles. The number of thiazole rings is 1. The van der Waals surface area contributed by atoms with Gasteiger partial charge in [-0.3, -0.25) is 0 Å². The van der Waals surface area contributed by atoms with Crippen LogP contribution < -0.4 is 4.57 Å². The fourth-order valence-corrected chi connectivity index (χ4v) is 8.75. The molecule has 1 aliphatic heterocycles. The minimum atomic E-state index is 0.160. The molecule has 8 aromatic rings. The SMILES string of the molecule is CCC1(CC)Cc2ccc(-n3c4ccccc4c4cc5c6ccccc6n(-c6ccccc6)c5cc43)cc2-c2scc[n+]21. The number of hydrogen-bond donors (Lipinski definition) is 0. The highest BCUT2D eigenvalue weighted by atomic mass is 32.1. The number of fused-ring (bicyclic) bond motifs is 9. The molecule has 5 aromatic carbocycles. The third-order valence-corrected chi connectivity index (χ3v) is 10.9.